The number of benzene rings is 1. The van der Waals surface area contributed by atoms with Crippen molar-refractivity contribution >= 4 is 22.6 Å². The van der Waals surface area contributed by atoms with Gasteiger partial charge < -0.3 is 14.4 Å². The molecule has 2 rings (SSSR count). The van der Waals surface area contributed by atoms with Gasteiger partial charge >= 0.3 is 5.63 Å². The minimum atomic E-state index is -0.433. The first-order chi connectivity index (χ1) is 11.2. The number of hydrogen-bond donors (Lipinski definition) is 1. The van der Waals surface area contributed by atoms with Crippen LogP contribution in [0, 0.1) is 18.8 Å². The fraction of sp³-hybridized carbons (Fsp3) is 0.526. The maximum absolute atomic E-state index is 12.6. The van der Waals surface area contributed by atoms with E-state index in [0.29, 0.717) is 29.5 Å². The Morgan fingerprint density at radius 1 is 1.17 bits per heavy atom. The largest absolute Gasteiger partial charge is 0.871 e. The smallest absolute Gasteiger partial charge is 0.336 e. The van der Waals surface area contributed by atoms with E-state index in [9.17, 15) is 9.90 Å². The Labute approximate surface area is 148 Å². The second kappa shape index (κ2) is 7.58. The molecule has 4 nitrogen and oxygen atoms in total. The number of rotatable bonds is 6. The molecule has 0 fully saturated rings. The number of fused-ring (bicyclic) bond motifs is 1. The van der Waals surface area contributed by atoms with Crippen molar-refractivity contribution in [1.29, 1.82) is 0 Å². The zero-order valence-electron chi connectivity index (χ0n) is 15.0. The molecule has 0 unspecified atom stereocenters. The SMILES string of the molecule is Cc1cc(=O)oc2c(C[NH+](CC(C)C)CC(C)C)c([O-])c(Cl)cc12. The molecule has 0 aliphatic rings. The Bertz CT molecular complexity index is 770. The normalized spacial score (nSPS) is 12.0. The van der Waals surface area contributed by atoms with E-state index < -0.39 is 5.63 Å². The van der Waals surface area contributed by atoms with Gasteiger partial charge in [0.2, 0.25) is 0 Å². The van der Waals surface area contributed by atoms with E-state index in [1.807, 2.05) is 6.92 Å². The van der Waals surface area contributed by atoms with Gasteiger partial charge in [0.1, 0.15) is 12.1 Å². The van der Waals surface area contributed by atoms with Crippen LogP contribution in [0.15, 0.2) is 21.3 Å². The molecule has 0 saturated heterocycles. The fourth-order valence-corrected chi connectivity index (χ4v) is 3.48. The molecule has 1 aromatic heterocycles. The summed E-state index contributed by atoms with van der Waals surface area (Å²) in [6.45, 7) is 12.9. The van der Waals surface area contributed by atoms with Crippen LogP contribution >= 0.6 is 11.6 Å². The van der Waals surface area contributed by atoms with Crippen LogP contribution in [-0.4, -0.2) is 13.1 Å². The molecule has 132 valence electrons. The predicted molar refractivity (Wildman–Crippen MR) is 95.8 cm³/mol. The molecular weight excluding hydrogens is 326 g/mol. The lowest BCUT2D eigenvalue weighted by molar-refractivity contribution is -0.919. The topological polar surface area (TPSA) is 57.7 Å². The molecule has 0 spiro atoms. The second-order valence-electron chi connectivity index (χ2n) is 7.41. The van der Waals surface area contributed by atoms with E-state index in [1.54, 1.807) is 6.07 Å². The third kappa shape index (κ3) is 4.31. The first-order valence-electron chi connectivity index (χ1n) is 8.45. The van der Waals surface area contributed by atoms with Gasteiger partial charge in [0, 0.05) is 33.9 Å². The van der Waals surface area contributed by atoms with Crippen molar-refractivity contribution < 1.29 is 14.4 Å². The highest BCUT2D eigenvalue weighted by molar-refractivity contribution is 6.33. The molecule has 0 radical (unpaired) electrons. The van der Waals surface area contributed by atoms with Crippen LogP contribution in [0.1, 0.15) is 38.8 Å². The van der Waals surface area contributed by atoms with Crippen LogP contribution in [-0.2, 0) is 6.54 Å². The Kier molecular flexibility index (Phi) is 5.94. The molecule has 0 aliphatic heterocycles. The van der Waals surface area contributed by atoms with Crippen LogP contribution in [0.3, 0.4) is 0 Å². The monoisotopic (exact) mass is 351 g/mol. The van der Waals surface area contributed by atoms with Crippen molar-refractivity contribution in [2.75, 3.05) is 13.1 Å². The van der Waals surface area contributed by atoms with Crippen molar-refractivity contribution in [3.8, 4) is 5.75 Å². The Hall–Kier alpha value is -1.52. The summed E-state index contributed by atoms with van der Waals surface area (Å²) in [6.07, 6.45) is 0. The zero-order valence-corrected chi connectivity index (χ0v) is 15.8. The summed E-state index contributed by atoms with van der Waals surface area (Å²) in [6, 6.07) is 3.03. The number of aryl methyl sites for hydroxylation is 1. The number of halogens is 1. The molecule has 0 aliphatic carbocycles. The van der Waals surface area contributed by atoms with Gasteiger partial charge in [-0.05, 0) is 18.6 Å². The van der Waals surface area contributed by atoms with E-state index in [1.165, 1.54) is 11.0 Å². The fourth-order valence-electron chi connectivity index (χ4n) is 3.25. The summed E-state index contributed by atoms with van der Waals surface area (Å²) >= 11 is 6.16. The van der Waals surface area contributed by atoms with E-state index >= 15 is 0 Å². The summed E-state index contributed by atoms with van der Waals surface area (Å²) in [5.41, 5.74) is 1.24. The van der Waals surface area contributed by atoms with Crippen molar-refractivity contribution in [3.05, 3.63) is 38.7 Å². The highest BCUT2D eigenvalue weighted by atomic mass is 35.5. The van der Waals surface area contributed by atoms with Gasteiger partial charge in [-0.25, -0.2) is 4.79 Å². The summed E-state index contributed by atoms with van der Waals surface area (Å²) < 4.78 is 5.39. The summed E-state index contributed by atoms with van der Waals surface area (Å²) in [4.78, 5) is 13.1. The van der Waals surface area contributed by atoms with E-state index in [4.69, 9.17) is 16.0 Å². The number of quaternary nitrogens is 1. The van der Waals surface area contributed by atoms with Gasteiger partial charge in [0.25, 0.3) is 0 Å². The van der Waals surface area contributed by atoms with E-state index in [-0.39, 0.29) is 10.8 Å². The number of hydrogen-bond acceptors (Lipinski definition) is 3. The average molecular weight is 352 g/mol. The summed E-state index contributed by atoms with van der Waals surface area (Å²) in [5, 5.41) is 13.5. The predicted octanol–water partition coefficient (Wildman–Crippen LogP) is 2.53. The van der Waals surface area contributed by atoms with Crippen molar-refractivity contribution in [3.63, 3.8) is 0 Å². The van der Waals surface area contributed by atoms with E-state index in [0.717, 1.165) is 24.0 Å². The van der Waals surface area contributed by atoms with Gasteiger partial charge in [-0.1, -0.05) is 45.0 Å². The molecule has 0 saturated carbocycles. The highest BCUT2D eigenvalue weighted by Crippen LogP contribution is 2.33. The third-order valence-corrected chi connectivity index (χ3v) is 4.34. The highest BCUT2D eigenvalue weighted by Gasteiger charge is 2.19. The maximum Gasteiger partial charge on any atom is 0.336 e. The van der Waals surface area contributed by atoms with Gasteiger partial charge in [0.15, 0.2) is 0 Å². The van der Waals surface area contributed by atoms with Crippen molar-refractivity contribution in [1.82, 2.24) is 0 Å². The Morgan fingerprint density at radius 2 is 1.75 bits per heavy atom. The average Bonchev–Trinajstić information content (AvgIpc) is 2.43. The molecule has 0 bridgehead atoms. The first kappa shape index (κ1) is 18.8. The van der Waals surface area contributed by atoms with Gasteiger partial charge in [-0.2, -0.15) is 0 Å². The molecule has 0 atom stereocenters. The third-order valence-electron chi connectivity index (χ3n) is 4.06. The van der Waals surface area contributed by atoms with Gasteiger partial charge in [-0.3, -0.25) is 0 Å². The molecule has 2 aromatic rings. The summed E-state index contributed by atoms with van der Waals surface area (Å²) in [5.74, 6) is 0.781. The molecule has 1 aromatic carbocycles. The van der Waals surface area contributed by atoms with Gasteiger partial charge in [-0.15, -0.1) is 0 Å². The standard InChI is InChI=1S/C19H26ClNO3/c1-11(2)8-21(9-12(3)4)10-15-18(23)16(20)7-14-13(5)6-17(22)24-19(14)15/h6-7,11-12,23H,8-10H2,1-5H3. The molecule has 5 heteroatoms. The van der Waals surface area contributed by atoms with E-state index in [2.05, 4.69) is 27.7 Å². The van der Waals surface area contributed by atoms with Crippen LogP contribution < -0.4 is 15.6 Å². The van der Waals surface area contributed by atoms with Gasteiger partial charge in [0.05, 0.1) is 13.1 Å². The minimum absolute atomic E-state index is 0.183. The quantitative estimate of drug-likeness (QED) is 0.813. The first-order valence-corrected chi connectivity index (χ1v) is 8.83. The van der Waals surface area contributed by atoms with Crippen LogP contribution in [0.2, 0.25) is 5.02 Å². The minimum Gasteiger partial charge on any atom is -0.871 e. The van der Waals surface area contributed by atoms with Crippen LogP contribution in [0.25, 0.3) is 11.0 Å². The molecular formula is C19H26ClNO3. The number of nitrogens with one attached hydrogen (secondary N) is 1. The molecule has 24 heavy (non-hydrogen) atoms. The zero-order chi connectivity index (χ0) is 18.0. The Balaban J connectivity index is 2.56. The lowest BCUT2D eigenvalue weighted by Gasteiger charge is -2.26. The lowest BCUT2D eigenvalue weighted by Crippen LogP contribution is -3.11. The second-order valence-corrected chi connectivity index (χ2v) is 7.82. The van der Waals surface area contributed by atoms with Crippen LogP contribution in [0.5, 0.6) is 5.75 Å². The molecule has 0 amide bonds. The maximum atomic E-state index is 12.6. The Morgan fingerprint density at radius 3 is 2.29 bits per heavy atom. The van der Waals surface area contributed by atoms with Crippen molar-refractivity contribution in [2.45, 2.75) is 41.2 Å². The summed E-state index contributed by atoms with van der Waals surface area (Å²) in [7, 11) is 0. The molecule has 1 N–H and O–H groups in total. The van der Waals surface area contributed by atoms with Crippen molar-refractivity contribution in [2.24, 2.45) is 11.8 Å². The molecule has 1 heterocycles. The lowest BCUT2D eigenvalue weighted by atomic mass is 10.0. The van der Waals surface area contributed by atoms with Crippen LogP contribution in [0.4, 0.5) is 0 Å².